The normalized spacial score (nSPS) is 10.6. The predicted octanol–water partition coefficient (Wildman–Crippen LogP) is 3.72. The van der Waals surface area contributed by atoms with Gasteiger partial charge in [-0.1, -0.05) is 23.9 Å². The third-order valence-corrected chi connectivity index (χ3v) is 4.45. The molecule has 0 unspecified atom stereocenters. The molecule has 0 aliphatic heterocycles. The summed E-state index contributed by atoms with van der Waals surface area (Å²) in [6.45, 7) is 0. The molecule has 0 aliphatic rings. The average molecular weight is 345 g/mol. The smallest absolute Gasteiger partial charge is 0.196 e. The van der Waals surface area contributed by atoms with Gasteiger partial charge < -0.3 is 9.47 Å². The van der Waals surface area contributed by atoms with Gasteiger partial charge >= 0.3 is 0 Å². The highest BCUT2D eigenvalue weighted by Crippen LogP contribution is 2.30. The molecule has 24 heavy (non-hydrogen) atoms. The second-order valence-electron chi connectivity index (χ2n) is 4.90. The van der Waals surface area contributed by atoms with E-state index in [2.05, 4.69) is 10.2 Å². The Bertz CT molecular complexity index is 838. The maximum absolute atomic E-state index is 13.5. The van der Waals surface area contributed by atoms with E-state index in [0.29, 0.717) is 16.7 Å². The molecular weight excluding hydrogens is 329 g/mol. The van der Waals surface area contributed by atoms with Crippen molar-refractivity contribution in [2.45, 2.75) is 10.9 Å². The molecular formula is C17H16FN3O2S. The van der Waals surface area contributed by atoms with Crippen molar-refractivity contribution >= 4 is 11.8 Å². The number of hydrogen-bond acceptors (Lipinski definition) is 5. The Hall–Kier alpha value is -2.54. The summed E-state index contributed by atoms with van der Waals surface area (Å²) in [5.74, 6) is 1.58. The summed E-state index contributed by atoms with van der Waals surface area (Å²) < 4.78 is 26.0. The van der Waals surface area contributed by atoms with E-state index in [4.69, 9.17) is 9.47 Å². The number of methoxy groups -OCH3 is 2. The highest BCUT2D eigenvalue weighted by molar-refractivity contribution is 7.98. The molecule has 7 heteroatoms. The second-order valence-corrected chi connectivity index (χ2v) is 5.84. The van der Waals surface area contributed by atoms with Gasteiger partial charge in [-0.2, -0.15) is 0 Å². The quantitative estimate of drug-likeness (QED) is 0.637. The molecule has 2 aromatic carbocycles. The zero-order chi connectivity index (χ0) is 16.9. The lowest BCUT2D eigenvalue weighted by atomic mass is 10.2. The van der Waals surface area contributed by atoms with Crippen molar-refractivity contribution in [3.63, 3.8) is 0 Å². The van der Waals surface area contributed by atoms with Gasteiger partial charge in [-0.05, 0) is 30.3 Å². The van der Waals surface area contributed by atoms with Crippen LogP contribution in [0.25, 0.3) is 5.69 Å². The summed E-state index contributed by atoms with van der Waals surface area (Å²) in [5.41, 5.74) is 1.61. The zero-order valence-electron chi connectivity index (χ0n) is 13.3. The van der Waals surface area contributed by atoms with Crippen LogP contribution in [0.2, 0.25) is 0 Å². The molecule has 0 atom stereocenters. The van der Waals surface area contributed by atoms with Gasteiger partial charge in [0, 0.05) is 11.3 Å². The van der Waals surface area contributed by atoms with Crippen molar-refractivity contribution in [1.29, 1.82) is 0 Å². The van der Waals surface area contributed by atoms with Crippen LogP contribution in [-0.4, -0.2) is 29.0 Å². The van der Waals surface area contributed by atoms with Gasteiger partial charge in [-0.3, -0.25) is 4.57 Å². The first kappa shape index (κ1) is 16.3. The first-order valence-electron chi connectivity index (χ1n) is 7.21. The minimum atomic E-state index is -0.294. The highest BCUT2D eigenvalue weighted by Gasteiger charge is 2.13. The molecule has 3 aromatic rings. The summed E-state index contributed by atoms with van der Waals surface area (Å²) in [6.07, 6.45) is 1.63. The molecule has 1 aromatic heterocycles. The molecule has 124 valence electrons. The van der Waals surface area contributed by atoms with E-state index in [1.807, 2.05) is 28.8 Å². The summed E-state index contributed by atoms with van der Waals surface area (Å²) in [4.78, 5) is 0. The standard InChI is InChI=1S/C17H16FN3O2S/c1-22-15-8-7-13(18)9-12(15)10-24-17-20-19-11-21(17)14-5-3-4-6-16(14)23-2/h3-9,11H,10H2,1-2H3. The first-order valence-corrected chi connectivity index (χ1v) is 8.20. The van der Waals surface area contributed by atoms with Gasteiger partial charge in [0.15, 0.2) is 5.16 Å². The van der Waals surface area contributed by atoms with Crippen molar-refractivity contribution in [3.8, 4) is 17.2 Å². The van der Waals surface area contributed by atoms with E-state index < -0.39 is 0 Å². The fourth-order valence-electron chi connectivity index (χ4n) is 2.32. The van der Waals surface area contributed by atoms with Crippen molar-refractivity contribution in [2.24, 2.45) is 0 Å². The third kappa shape index (κ3) is 3.35. The average Bonchev–Trinajstić information content (AvgIpc) is 3.08. The number of hydrogen-bond donors (Lipinski definition) is 0. The van der Waals surface area contributed by atoms with E-state index in [0.717, 1.165) is 17.0 Å². The van der Waals surface area contributed by atoms with Crippen LogP contribution in [0.4, 0.5) is 4.39 Å². The van der Waals surface area contributed by atoms with Crippen LogP contribution in [0, 0.1) is 5.82 Å². The first-order chi connectivity index (χ1) is 11.7. The number of para-hydroxylation sites is 2. The molecule has 3 rings (SSSR count). The SMILES string of the molecule is COc1ccc(F)cc1CSc1nncn1-c1ccccc1OC. The molecule has 5 nitrogen and oxygen atoms in total. The number of benzene rings is 2. The van der Waals surface area contributed by atoms with Crippen molar-refractivity contribution in [1.82, 2.24) is 14.8 Å². The van der Waals surface area contributed by atoms with Gasteiger partial charge in [0.05, 0.1) is 19.9 Å². The Kier molecular flexibility index (Phi) is 5.00. The van der Waals surface area contributed by atoms with Crippen LogP contribution in [0.15, 0.2) is 53.9 Å². The van der Waals surface area contributed by atoms with E-state index in [-0.39, 0.29) is 5.82 Å². The van der Waals surface area contributed by atoms with Crippen molar-refractivity contribution in [2.75, 3.05) is 14.2 Å². The molecule has 1 heterocycles. The summed E-state index contributed by atoms with van der Waals surface area (Å²) in [5, 5.41) is 8.81. The van der Waals surface area contributed by atoms with Crippen LogP contribution in [0.3, 0.4) is 0 Å². The van der Waals surface area contributed by atoms with Crippen molar-refractivity contribution in [3.05, 3.63) is 60.2 Å². The largest absolute Gasteiger partial charge is 0.496 e. The van der Waals surface area contributed by atoms with Gasteiger partial charge in [0.25, 0.3) is 0 Å². The lowest BCUT2D eigenvalue weighted by Crippen LogP contribution is -1.99. The van der Waals surface area contributed by atoms with Gasteiger partial charge in [-0.15, -0.1) is 10.2 Å². The molecule has 0 aliphatic carbocycles. The maximum atomic E-state index is 13.5. The van der Waals surface area contributed by atoms with Gasteiger partial charge in [-0.25, -0.2) is 4.39 Å². The number of aromatic nitrogens is 3. The number of ether oxygens (including phenoxy) is 2. The Morgan fingerprint density at radius 2 is 1.88 bits per heavy atom. The number of thioether (sulfide) groups is 1. The fraction of sp³-hybridized carbons (Fsp3) is 0.176. The Balaban J connectivity index is 1.86. The monoisotopic (exact) mass is 345 g/mol. The lowest BCUT2D eigenvalue weighted by molar-refractivity contribution is 0.410. The van der Waals surface area contributed by atoms with Gasteiger partial charge in [0.2, 0.25) is 0 Å². The van der Waals surface area contributed by atoms with E-state index in [1.165, 1.54) is 23.9 Å². The van der Waals surface area contributed by atoms with E-state index >= 15 is 0 Å². The van der Waals surface area contributed by atoms with Crippen LogP contribution < -0.4 is 9.47 Å². The molecule has 0 saturated carbocycles. The topological polar surface area (TPSA) is 49.2 Å². The van der Waals surface area contributed by atoms with E-state index in [9.17, 15) is 4.39 Å². The molecule has 0 amide bonds. The maximum Gasteiger partial charge on any atom is 0.196 e. The summed E-state index contributed by atoms with van der Waals surface area (Å²) in [6, 6.07) is 12.1. The van der Waals surface area contributed by atoms with Crippen LogP contribution >= 0.6 is 11.8 Å². The minimum Gasteiger partial charge on any atom is -0.496 e. The van der Waals surface area contributed by atoms with Crippen LogP contribution in [-0.2, 0) is 5.75 Å². The predicted molar refractivity (Wildman–Crippen MR) is 90.4 cm³/mol. The molecule has 0 radical (unpaired) electrons. The molecule has 0 bridgehead atoms. The molecule has 0 saturated heterocycles. The second kappa shape index (κ2) is 7.35. The van der Waals surface area contributed by atoms with Gasteiger partial charge in [0.1, 0.15) is 23.6 Å². The lowest BCUT2D eigenvalue weighted by Gasteiger charge is -2.11. The minimum absolute atomic E-state index is 0.294. The molecule has 0 N–H and O–H groups in total. The number of nitrogens with zero attached hydrogens (tertiary/aromatic N) is 3. The third-order valence-electron chi connectivity index (χ3n) is 3.46. The Morgan fingerprint density at radius 1 is 1.08 bits per heavy atom. The number of rotatable bonds is 6. The van der Waals surface area contributed by atoms with Crippen LogP contribution in [0.5, 0.6) is 11.5 Å². The summed E-state index contributed by atoms with van der Waals surface area (Å²) in [7, 11) is 3.19. The Labute approximate surface area is 143 Å². The summed E-state index contributed by atoms with van der Waals surface area (Å²) >= 11 is 1.45. The van der Waals surface area contributed by atoms with E-state index in [1.54, 1.807) is 26.6 Å². The zero-order valence-corrected chi connectivity index (χ0v) is 14.1. The highest BCUT2D eigenvalue weighted by atomic mass is 32.2. The number of halogens is 1. The molecule has 0 spiro atoms. The fourth-order valence-corrected chi connectivity index (χ4v) is 3.22. The van der Waals surface area contributed by atoms with Crippen LogP contribution in [0.1, 0.15) is 5.56 Å². The molecule has 0 fully saturated rings. The Morgan fingerprint density at radius 3 is 2.67 bits per heavy atom. The van der Waals surface area contributed by atoms with Crippen molar-refractivity contribution < 1.29 is 13.9 Å².